The lowest BCUT2D eigenvalue weighted by atomic mass is 10.1. The molecule has 1 saturated heterocycles. The second kappa shape index (κ2) is 16.2. The Morgan fingerprint density at radius 3 is 2.50 bits per heavy atom. The van der Waals surface area contributed by atoms with Crippen molar-refractivity contribution in [2.24, 2.45) is 5.92 Å². The average Bonchev–Trinajstić information content (AvgIpc) is 3.52. The number of carbonyl (C=O) groups excluding carboxylic acids is 2. The van der Waals surface area contributed by atoms with Crippen molar-refractivity contribution in [3.8, 4) is 6.07 Å². The summed E-state index contributed by atoms with van der Waals surface area (Å²) in [5.74, 6) is 0.0332. The highest BCUT2D eigenvalue weighted by atomic mass is 16.7. The van der Waals surface area contributed by atoms with Gasteiger partial charge in [-0.3, -0.25) is 14.9 Å². The number of amides is 2. The highest BCUT2D eigenvalue weighted by molar-refractivity contribution is 5.87. The van der Waals surface area contributed by atoms with Gasteiger partial charge in [0.1, 0.15) is 6.04 Å². The number of nitriles is 1. The largest absolute Gasteiger partial charge is 0.350 e. The molecule has 32 heavy (non-hydrogen) atoms. The Hall–Kier alpha value is -2.45. The minimum atomic E-state index is -0.641. The Morgan fingerprint density at radius 1 is 1.19 bits per heavy atom. The van der Waals surface area contributed by atoms with E-state index in [1.165, 1.54) is 0 Å². The molecule has 1 fully saturated rings. The highest BCUT2D eigenvalue weighted by Crippen LogP contribution is 2.09. The van der Waals surface area contributed by atoms with Crippen LogP contribution in [-0.2, 0) is 9.59 Å². The van der Waals surface area contributed by atoms with Crippen molar-refractivity contribution in [1.82, 2.24) is 26.5 Å². The van der Waals surface area contributed by atoms with Crippen molar-refractivity contribution >= 4 is 11.8 Å². The van der Waals surface area contributed by atoms with Gasteiger partial charge in [0.05, 0.1) is 6.07 Å². The van der Waals surface area contributed by atoms with Gasteiger partial charge in [0.25, 0.3) is 0 Å². The standard InChI is InChI=1S/C21H38N7O4/c1-17(2)13-16-23-20(30)18(11-10-15-24-21-26-27(21)28(31)32)25-19(29)12-8-6-4-3-5-7-9-14-22/h16-18,21,24,26H,3-13,15H2,1-2H3,(H,23,30)(H,25,29)/t18-,21+,27?/m0/s1. The molecule has 0 aromatic carbocycles. The molecular weight excluding hydrogens is 414 g/mol. The van der Waals surface area contributed by atoms with Gasteiger partial charge in [-0.2, -0.15) is 5.26 Å². The van der Waals surface area contributed by atoms with Crippen molar-refractivity contribution in [2.45, 2.75) is 96.8 Å². The Labute approximate surface area is 190 Å². The molecule has 181 valence electrons. The predicted octanol–water partition coefficient (Wildman–Crippen LogP) is 2.10. The first-order valence-electron chi connectivity index (χ1n) is 11.6. The topological polar surface area (TPSA) is 162 Å². The zero-order chi connectivity index (χ0) is 23.8. The third kappa shape index (κ3) is 13.1. The maximum Gasteiger partial charge on any atom is 0.242 e. The van der Waals surface area contributed by atoms with Gasteiger partial charge < -0.3 is 10.6 Å². The minimum Gasteiger partial charge on any atom is -0.350 e. The van der Waals surface area contributed by atoms with Gasteiger partial charge in [0, 0.05) is 19.4 Å². The maximum atomic E-state index is 12.5. The molecule has 0 aliphatic carbocycles. The van der Waals surface area contributed by atoms with Crippen LogP contribution in [0.15, 0.2) is 0 Å². The molecule has 1 aliphatic rings. The van der Waals surface area contributed by atoms with Crippen LogP contribution < -0.4 is 21.4 Å². The number of unbranched alkanes of at least 4 members (excludes halogenated alkanes) is 6. The summed E-state index contributed by atoms with van der Waals surface area (Å²) in [6.07, 6.45) is 8.02. The first-order chi connectivity index (χ1) is 15.3. The Morgan fingerprint density at radius 2 is 1.88 bits per heavy atom. The molecular formula is C21H38N7O4. The van der Waals surface area contributed by atoms with Gasteiger partial charge in [-0.25, -0.2) is 10.1 Å². The number of rotatable bonds is 19. The van der Waals surface area contributed by atoms with Crippen LogP contribution in [-0.4, -0.2) is 40.8 Å². The lowest BCUT2D eigenvalue weighted by molar-refractivity contribution is -0.627. The number of hydrazine groups is 2. The molecule has 1 radical (unpaired) electrons. The van der Waals surface area contributed by atoms with Crippen molar-refractivity contribution in [3.05, 3.63) is 16.7 Å². The summed E-state index contributed by atoms with van der Waals surface area (Å²) in [5.41, 5.74) is 2.55. The predicted molar refractivity (Wildman–Crippen MR) is 119 cm³/mol. The number of nitrogens with zero attached hydrogens (tertiary/aromatic N) is 3. The summed E-state index contributed by atoms with van der Waals surface area (Å²) in [4.78, 5) is 35.4. The van der Waals surface area contributed by atoms with Gasteiger partial charge in [0.2, 0.25) is 18.1 Å². The second-order valence-corrected chi connectivity index (χ2v) is 8.45. The molecule has 0 saturated carbocycles. The molecule has 2 amide bonds. The van der Waals surface area contributed by atoms with E-state index in [0.717, 1.165) is 50.1 Å². The fourth-order valence-corrected chi connectivity index (χ4v) is 3.14. The molecule has 0 aromatic rings. The quantitative estimate of drug-likeness (QED) is 0.100. The van der Waals surface area contributed by atoms with E-state index in [1.54, 1.807) is 6.54 Å². The zero-order valence-electron chi connectivity index (χ0n) is 19.3. The fourth-order valence-electron chi connectivity index (χ4n) is 3.14. The summed E-state index contributed by atoms with van der Waals surface area (Å²) in [6.45, 7) is 6.30. The molecule has 0 unspecified atom stereocenters. The smallest absolute Gasteiger partial charge is 0.242 e. The average molecular weight is 453 g/mol. The van der Waals surface area contributed by atoms with Crippen LogP contribution in [0.4, 0.5) is 0 Å². The number of nitro groups is 1. The van der Waals surface area contributed by atoms with E-state index in [2.05, 4.69) is 41.3 Å². The summed E-state index contributed by atoms with van der Waals surface area (Å²) < 4.78 is 0. The molecule has 11 heteroatoms. The third-order valence-corrected chi connectivity index (χ3v) is 5.04. The van der Waals surface area contributed by atoms with Gasteiger partial charge in [0.15, 0.2) is 5.03 Å². The summed E-state index contributed by atoms with van der Waals surface area (Å²) >= 11 is 0. The maximum absolute atomic E-state index is 12.5. The van der Waals surface area contributed by atoms with E-state index in [0.29, 0.717) is 38.1 Å². The van der Waals surface area contributed by atoms with Crippen molar-refractivity contribution in [1.29, 1.82) is 5.26 Å². The number of nitrogens with one attached hydrogen (secondary N) is 4. The number of hydrogen-bond acceptors (Lipinski definition) is 7. The van der Waals surface area contributed by atoms with Crippen molar-refractivity contribution in [3.63, 3.8) is 0 Å². The highest BCUT2D eigenvalue weighted by Gasteiger charge is 2.43. The summed E-state index contributed by atoms with van der Waals surface area (Å²) in [6, 6.07) is 1.50. The van der Waals surface area contributed by atoms with Gasteiger partial charge in [-0.05, 0) is 49.7 Å². The Bertz CT molecular complexity index is 624. The van der Waals surface area contributed by atoms with Crippen LogP contribution in [0.3, 0.4) is 0 Å². The van der Waals surface area contributed by atoms with E-state index in [9.17, 15) is 19.7 Å². The Kier molecular flexibility index (Phi) is 14.0. The van der Waals surface area contributed by atoms with Gasteiger partial charge in [-0.1, -0.05) is 39.5 Å². The second-order valence-electron chi connectivity index (χ2n) is 8.45. The molecule has 0 bridgehead atoms. The monoisotopic (exact) mass is 452 g/mol. The third-order valence-electron chi connectivity index (χ3n) is 5.04. The first kappa shape index (κ1) is 27.6. The van der Waals surface area contributed by atoms with Crippen LogP contribution in [0.5, 0.6) is 0 Å². The van der Waals surface area contributed by atoms with E-state index in [1.807, 2.05) is 0 Å². The van der Waals surface area contributed by atoms with Crippen LogP contribution in [0.2, 0.25) is 0 Å². The lowest BCUT2D eigenvalue weighted by Crippen LogP contribution is -2.46. The molecule has 11 nitrogen and oxygen atoms in total. The zero-order valence-corrected chi connectivity index (χ0v) is 19.3. The molecule has 0 spiro atoms. The molecule has 0 aromatic heterocycles. The van der Waals surface area contributed by atoms with Crippen molar-refractivity contribution in [2.75, 3.05) is 6.54 Å². The van der Waals surface area contributed by atoms with E-state index < -0.39 is 17.4 Å². The normalized spacial score (nSPS) is 15.8. The summed E-state index contributed by atoms with van der Waals surface area (Å²) in [5, 5.41) is 28.0. The summed E-state index contributed by atoms with van der Waals surface area (Å²) in [7, 11) is 0. The van der Waals surface area contributed by atoms with E-state index >= 15 is 0 Å². The van der Waals surface area contributed by atoms with Crippen LogP contribution >= 0.6 is 0 Å². The molecule has 1 rings (SSSR count). The molecule has 4 N–H and O–H groups in total. The lowest BCUT2D eigenvalue weighted by Gasteiger charge is -2.19. The fraction of sp³-hybridized carbons (Fsp3) is 0.810. The Balaban J connectivity index is 2.31. The van der Waals surface area contributed by atoms with Gasteiger partial charge >= 0.3 is 0 Å². The minimum absolute atomic E-state index is 0.144. The number of carbonyl (C=O) groups is 2. The molecule has 2 atom stereocenters. The van der Waals surface area contributed by atoms with Crippen LogP contribution in [0.1, 0.15) is 84.5 Å². The molecule has 1 heterocycles. The van der Waals surface area contributed by atoms with Crippen molar-refractivity contribution < 1.29 is 14.6 Å². The molecule has 1 aliphatic heterocycles. The van der Waals surface area contributed by atoms with Crippen LogP contribution in [0.25, 0.3) is 0 Å². The van der Waals surface area contributed by atoms with Crippen LogP contribution in [0, 0.1) is 33.9 Å². The van der Waals surface area contributed by atoms with E-state index in [4.69, 9.17) is 5.26 Å². The number of hydrogen-bond donors (Lipinski definition) is 4. The van der Waals surface area contributed by atoms with E-state index in [-0.39, 0.29) is 11.8 Å². The SMILES string of the molecule is CC(C)C[CH]NC(=O)[C@H](CCCN[C@@H]1NN1[N+](=O)[O-])NC(=O)CCCCCCCCC#N. The first-order valence-corrected chi connectivity index (χ1v) is 11.6. The van der Waals surface area contributed by atoms with Gasteiger partial charge in [-0.15, -0.1) is 5.43 Å².